The van der Waals surface area contributed by atoms with E-state index in [1.165, 1.54) is 23.3 Å². The van der Waals surface area contributed by atoms with Crippen LogP contribution in [0.4, 0.5) is 17.1 Å². The van der Waals surface area contributed by atoms with Gasteiger partial charge in [-0.2, -0.15) is 8.42 Å². The van der Waals surface area contributed by atoms with Crippen molar-refractivity contribution in [3.63, 3.8) is 0 Å². The number of amidine groups is 1. The van der Waals surface area contributed by atoms with Gasteiger partial charge in [0.2, 0.25) is 0 Å². The number of ether oxygens (including phenoxy) is 1. The zero-order valence-electron chi connectivity index (χ0n) is 28.3. The van der Waals surface area contributed by atoms with Gasteiger partial charge in [0.05, 0.1) is 15.4 Å². The van der Waals surface area contributed by atoms with Gasteiger partial charge in [-0.1, -0.05) is 42.5 Å². The van der Waals surface area contributed by atoms with E-state index in [0.29, 0.717) is 11.3 Å². The molecule has 1 aliphatic rings. The van der Waals surface area contributed by atoms with Crippen molar-refractivity contribution in [3.05, 3.63) is 124 Å². The van der Waals surface area contributed by atoms with E-state index in [9.17, 15) is 18.5 Å². The van der Waals surface area contributed by atoms with Crippen molar-refractivity contribution in [2.75, 3.05) is 36.2 Å². The average Bonchev–Trinajstić information content (AvgIpc) is 3.09. The fourth-order valence-electron chi connectivity index (χ4n) is 5.97. The highest BCUT2D eigenvalue weighted by molar-refractivity contribution is 7.99. The zero-order valence-corrected chi connectivity index (χ0v) is 29.9. The predicted molar refractivity (Wildman–Crippen MR) is 198 cm³/mol. The highest BCUT2D eigenvalue weighted by Gasteiger charge is 2.35. The highest BCUT2D eigenvalue weighted by atomic mass is 32.2. The molecule has 5 rings (SSSR count). The largest absolute Gasteiger partial charge is 0.383 e. The van der Waals surface area contributed by atoms with E-state index in [4.69, 9.17) is 10.5 Å². The topological polar surface area (TPSA) is 140 Å². The average molecular weight is 702 g/mol. The van der Waals surface area contributed by atoms with Gasteiger partial charge in [0.15, 0.2) is 0 Å². The van der Waals surface area contributed by atoms with Crippen LogP contribution in [0.15, 0.2) is 111 Å². The molecular weight excluding hydrogens is 659 g/mol. The number of benzene rings is 4. The van der Waals surface area contributed by atoms with Crippen LogP contribution < -0.4 is 16.0 Å². The monoisotopic (exact) mass is 701 g/mol. The number of nitrogens with zero attached hydrogens (tertiary/aromatic N) is 3. The first-order valence-corrected chi connectivity index (χ1v) is 18.5. The lowest BCUT2D eigenvalue weighted by Crippen LogP contribution is -2.47. The Hall–Kier alpha value is -4.39. The number of nitro groups is 1. The minimum absolute atomic E-state index is 0.203. The third-order valence-corrected chi connectivity index (χ3v) is 11.7. The number of nitrogens with two attached hydrogens (primary N) is 1. The third-order valence-electron chi connectivity index (χ3n) is 8.91. The summed E-state index contributed by atoms with van der Waals surface area (Å²) in [6.45, 7) is 7.60. The molecule has 0 bridgehead atoms. The Labute approximate surface area is 293 Å². The fraction of sp³-hybridized carbons (Fsp3) is 0.324. The molecule has 0 spiro atoms. The van der Waals surface area contributed by atoms with E-state index in [1.807, 2.05) is 62.4 Å². The first-order chi connectivity index (χ1) is 23.3. The molecule has 12 heteroatoms. The van der Waals surface area contributed by atoms with Crippen LogP contribution in [-0.4, -0.2) is 56.3 Å². The number of nitrogens with one attached hydrogen (secondary N) is 1. The van der Waals surface area contributed by atoms with E-state index < -0.39 is 20.5 Å². The quantitative estimate of drug-likeness (QED) is 0.0487. The van der Waals surface area contributed by atoms with Crippen molar-refractivity contribution in [2.45, 2.75) is 61.0 Å². The summed E-state index contributed by atoms with van der Waals surface area (Å²) in [5, 5.41) is 15.2. The second-order valence-corrected chi connectivity index (χ2v) is 15.7. The molecule has 1 heterocycles. The molecule has 258 valence electrons. The Morgan fingerprint density at radius 1 is 1.02 bits per heavy atom. The third kappa shape index (κ3) is 9.00. The van der Waals surface area contributed by atoms with Crippen LogP contribution in [0.2, 0.25) is 0 Å². The number of hydrogen-bond donors (Lipinski definition) is 2. The molecule has 0 aromatic heterocycles. The number of nitro benzene ring substituents is 1. The maximum atomic E-state index is 13.3. The Bertz CT molecular complexity index is 1910. The van der Waals surface area contributed by atoms with Gasteiger partial charge in [-0.15, -0.1) is 16.2 Å². The van der Waals surface area contributed by atoms with Gasteiger partial charge in [-0.25, -0.2) is 0 Å². The lowest BCUT2D eigenvalue weighted by atomic mass is 9.83. The maximum Gasteiger partial charge on any atom is 0.293 e. The summed E-state index contributed by atoms with van der Waals surface area (Å²) in [5.41, 5.74) is 9.23. The zero-order chi connectivity index (χ0) is 35.2. The van der Waals surface area contributed by atoms with Gasteiger partial charge in [0, 0.05) is 60.1 Å². The van der Waals surface area contributed by atoms with Crippen molar-refractivity contribution in [1.29, 1.82) is 0 Å². The summed E-state index contributed by atoms with van der Waals surface area (Å²) < 4.78 is 36.4. The molecule has 1 aliphatic heterocycles. The van der Waals surface area contributed by atoms with Gasteiger partial charge in [-0.05, 0) is 93.3 Å². The van der Waals surface area contributed by atoms with Crippen LogP contribution in [0.1, 0.15) is 43.4 Å². The van der Waals surface area contributed by atoms with Crippen LogP contribution in [0.5, 0.6) is 0 Å². The van der Waals surface area contributed by atoms with Crippen LogP contribution >= 0.6 is 11.8 Å². The van der Waals surface area contributed by atoms with E-state index in [0.717, 1.165) is 49.0 Å². The van der Waals surface area contributed by atoms with Gasteiger partial charge >= 0.3 is 0 Å². The van der Waals surface area contributed by atoms with Crippen molar-refractivity contribution in [3.8, 4) is 0 Å². The summed E-state index contributed by atoms with van der Waals surface area (Å²) in [4.78, 5) is 14.4. The summed E-state index contributed by atoms with van der Waals surface area (Å²) in [6, 6.07) is 29.2. The number of hydrogen-bond acceptors (Lipinski definition) is 8. The molecule has 4 aromatic rings. The Morgan fingerprint density at radius 2 is 1.67 bits per heavy atom. The highest BCUT2D eigenvalue weighted by Crippen LogP contribution is 2.34. The van der Waals surface area contributed by atoms with Crippen molar-refractivity contribution in [2.24, 2.45) is 10.1 Å². The van der Waals surface area contributed by atoms with Crippen molar-refractivity contribution >= 4 is 44.7 Å². The molecule has 3 N–H and O–H groups in total. The smallest absolute Gasteiger partial charge is 0.293 e. The molecule has 1 saturated heterocycles. The van der Waals surface area contributed by atoms with Gasteiger partial charge in [0.1, 0.15) is 11.5 Å². The van der Waals surface area contributed by atoms with E-state index in [2.05, 4.69) is 39.7 Å². The Kier molecular flexibility index (Phi) is 11.0. The van der Waals surface area contributed by atoms with Crippen LogP contribution in [0, 0.1) is 17.0 Å². The predicted octanol–water partition coefficient (Wildman–Crippen LogP) is 7.21. The van der Waals surface area contributed by atoms with E-state index in [1.54, 1.807) is 31.0 Å². The molecule has 10 nitrogen and oxygen atoms in total. The second-order valence-electron chi connectivity index (χ2n) is 13.0. The summed E-state index contributed by atoms with van der Waals surface area (Å²) in [6.07, 6.45) is 2.59. The minimum Gasteiger partial charge on any atom is -0.383 e. The number of methoxy groups -OCH3 is 1. The first-order valence-electron chi connectivity index (χ1n) is 16.1. The summed E-state index contributed by atoms with van der Waals surface area (Å²) >= 11 is 1.62. The van der Waals surface area contributed by atoms with Crippen LogP contribution in [0.25, 0.3) is 0 Å². The van der Waals surface area contributed by atoms with Gasteiger partial charge in [-0.3, -0.25) is 10.1 Å². The number of piperidine rings is 1. The second kappa shape index (κ2) is 15.0. The van der Waals surface area contributed by atoms with E-state index >= 15 is 0 Å². The molecule has 49 heavy (non-hydrogen) atoms. The van der Waals surface area contributed by atoms with Crippen molar-refractivity contribution < 1.29 is 18.1 Å². The minimum atomic E-state index is -4.34. The first kappa shape index (κ1) is 35.9. The molecule has 0 atom stereocenters. The van der Waals surface area contributed by atoms with Crippen LogP contribution in [-0.2, 0) is 21.2 Å². The Morgan fingerprint density at radius 3 is 2.31 bits per heavy atom. The summed E-state index contributed by atoms with van der Waals surface area (Å²) in [5.74, 6) is 0.416. The number of rotatable bonds is 13. The van der Waals surface area contributed by atoms with Gasteiger partial charge in [0.25, 0.3) is 15.7 Å². The normalized spacial score (nSPS) is 15.2. The standard InChI is InChI=1S/C37H43N5O5S2/c1-27-10-8-9-11-29(27)25-37(47-4)20-22-41(23-21-37)30-16-14-28(15-17-30)35(38)40-49(45,46)32-18-19-33(34(24-32)42(43)44)39-36(2,3)26-48-31-12-6-5-7-13-31/h5-19,24,39H,20-23,25-26H2,1-4H3,(H2,38,40). The molecular formula is C37H43N5O5S2. The SMILES string of the molecule is COC1(Cc2ccccc2C)CCN(c2ccc(/C(N)=N\S(=O)(=O)c3ccc(NC(C)(C)CSc4ccccc4)c([N+](=O)[O-])c3)cc2)CC1. The van der Waals surface area contributed by atoms with E-state index in [-0.39, 0.29) is 27.7 Å². The fourth-order valence-corrected chi connectivity index (χ4v) is 7.89. The molecule has 0 unspecified atom stereocenters. The van der Waals surface area contributed by atoms with Crippen molar-refractivity contribution in [1.82, 2.24) is 0 Å². The molecule has 0 saturated carbocycles. The number of thioether (sulfide) groups is 1. The lowest BCUT2D eigenvalue weighted by Gasteiger charge is -2.42. The number of anilines is 2. The molecule has 0 aliphatic carbocycles. The Balaban J connectivity index is 1.25. The maximum absolute atomic E-state index is 13.3. The summed E-state index contributed by atoms with van der Waals surface area (Å²) in [7, 11) is -2.56. The van der Waals surface area contributed by atoms with Gasteiger partial charge < -0.3 is 20.7 Å². The molecule has 4 aromatic carbocycles. The number of aryl methyl sites for hydroxylation is 1. The lowest BCUT2D eigenvalue weighted by molar-refractivity contribution is -0.384. The molecule has 0 amide bonds. The molecule has 0 radical (unpaired) electrons. The number of sulfonamides is 1. The van der Waals surface area contributed by atoms with Crippen LogP contribution in [0.3, 0.4) is 0 Å². The molecule has 1 fully saturated rings.